The quantitative estimate of drug-likeness (QED) is 0.856. The molecule has 19 heavy (non-hydrogen) atoms. The fourth-order valence-corrected chi connectivity index (χ4v) is 3.15. The number of anilines is 1. The van der Waals surface area contributed by atoms with Crippen LogP contribution in [0.4, 0.5) is 5.69 Å². The van der Waals surface area contributed by atoms with Crippen molar-refractivity contribution in [2.24, 2.45) is 0 Å². The van der Waals surface area contributed by atoms with Gasteiger partial charge >= 0.3 is 0 Å². The van der Waals surface area contributed by atoms with E-state index >= 15 is 0 Å². The van der Waals surface area contributed by atoms with Crippen LogP contribution in [0.25, 0.3) is 11.3 Å². The lowest BCUT2D eigenvalue weighted by atomic mass is 10.1. The smallest absolute Gasteiger partial charge is 0.107 e. The molecule has 0 N–H and O–H groups in total. The number of benzene rings is 1. The Morgan fingerprint density at radius 2 is 1.95 bits per heavy atom. The van der Waals surface area contributed by atoms with Gasteiger partial charge in [-0.15, -0.1) is 11.3 Å². The Labute approximate surface area is 117 Å². The normalized spacial score (nSPS) is 14.6. The van der Waals surface area contributed by atoms with E-state index in [0.717, 1.165) is 16.3 Å². The summed E-state index contributed by atoms with van der Waals surface area (Å²) in [5.74, 6) is 0. The van der Waals surface area contributed by atoms with Crippen molar-refractivity contribution in [3.63, 3.8) is 0 Å². The van der Waals surface area contributed by atoms with Gasteiger partial charge in [0.15, 0.2) is 0 Å². The van der Waals surface area contributed by atoms with Crippen LogP contribution in [0, 0.1) is 11.3 Å². The van der Waals surface area contributed by atoms with Crippen LogP contribution in [0.5, 0.6) is 0 Å². The van der Waals surface area contributed by atoms with Crippen molar-refractivity contribution in [2.45, 2.75) is 19.3 Å². The van der Waals surface area contributed by atoms with E-state index in [-0.39, 0.29) is 0 Å². The Morgan fingerprint density at radius 3 is 2.63 bits per heavy atom. The van der Waals surface area contributed by atoms with E-state index in [1.165, 1.54) is 31.6 Å². The maximum atomic E-state index is 8.67. The number of nitrogens with zero attached hydrogens (tertiary/aromatic N) is 3. The van der Waals surface area contributed by atoms with Gasteiger partial charge in [0, 0.05) is 29.7 Å². The van der Waals surface area contributed by atoms with Crippen molar-refractivity contribution in [3.05, 3.63) is 34.7 Å². The predicted octanol–water partition coefficient (Wildman–Crippen LogP) is 3.48. The van der Waals surface area contributed by atoms with Gasteiger partial charge in [-0.25, -0.2) is 4.98 Å². The van der Waals surface area contributed by atoms with Gasteiger partial charge in [-0.1, -0.05) is 12.1 Å². The maximum Gasteiger partial charge on any atom is 0.107 e. The van der Waals surface area contributed by atoms with Gasteiger partial charge in [0.05, 0.1) is 18.2 Å². The van der Waals surface area contributed by atoms with Gasteiger partial charge in [-0.3, -0.25) is 0 Å². The third-order valence-corrected chi connectivity index (χ3v) is 4.27. The van der Waals surface area contributed by atoms with E-state index in [4.69, 9.17) is 5.26 Å². The summed E-state index contributed by atoms with van der Waals surface area (Å²) in [6.07, 6.45) is 2.99. The SMILES string of the molecule is N#CCc1nc(-c2ccc(N3CCCC3)cc2)cs1. The van der Waals surface area contributed by atoms with Crippen molar-refractivity contribution < 1.29 is 0 Å². The zero-order chi connectivity index (χ0) is 13.1. The molecule has 0 radical (unpaired) electrons. The summed E-state index contributed by atoms with van der Waals surface area (Å²) in [5.41, 5.74) is 3.40. The standard InChI is InChI=1S/C15H15N3S/c16-8-7-15-17-14(11-19-15)12-3-5-13(6-4-12)18-9-1-2-10-18/h3-6,11H,1-2,7,9-10H2. The highest BCUT2D eigenvalue weighted by atomic mass is 32.1. The Hall–Kier alpha value is -1.86. The summed E-state index contributed by atoms with van der Waals surface area (Å²) in [7, 11) is 0. The Morgan fingerprint density at radius 1 is 1.21 bits per heavy atom. The third kappa shape index (κ3) is 2.61. The first-order chi connectivity index (χ1) is 9.36. The average molecular weight is 269 g/mol. The molecule has 0 saturated carbocycles. The molecule has 0 unspecified atom stereocenters. The van der Waals surface area contributed by atoms with Gasteiger partial charge in [0.25, 0.3) is 0 Å². The van der Waals surface area contributed by atoms with Crippen LogP contribution in [0.3, 0.4) is 0 Å². The van der Waals surface area contributed by atoms with Crippen LogP contribution in [0.15, 0.2) is 29.6 Å². The predicted molar refractivity (Wildman–Crippen MR) is 78.3 cm³/mol. The Kier molecular flexibility index (Phi) is 3.47. The number of hydrogen-bond acceptors (Lipinski definition) is 4. The molecular weight excluding hydrogens is 254 g/mol. The zero-order valence-corrected chi connectivity index (χ0v) is 11.5. The molecule has 0 bridgehead atoms. The first kappa shape index (κ1) is 12.2. The molecule has 96 valence electrons. The lowest BCUT2D eigenvalue weighted by Crippen LogP contribution is -2.17. The largest absolute Gasteiger partial charge is 0.372 e. The fourth-order valence-electron chi connectivity index (χ4n) is 2.41. The van der Waals surface area contributed by atoms with Gasteiger partial charge < -0.3 is 4.90 Å². The highest BCUT2D eigenvalue weighted by Gasteiger charge is 2.12. The molecule has 0 amide bonds. The number of thiazole rings is 1. The molecule has 1 aliphatic rings. The number of nitriles is 1. The van der Waals surface area contributed by atoms with Crippen LogP contribution in [0.1, 0.15) is 17.8 Å². The zero-order valence-electron chi connectivity index (χ0n) is 10.7. The van der Waals surface area contributed by atoms with Gasteiger partial charge in [0.2, 0.25) is 0 Å². The minimum Gasteiger partial charge on any atom is -0.372 e. The molecule has 4 heteroatoms. The first-order valence-corrected chi connectivity index (χ1v) is 7.41. The Balaban J connectivity index is 1.79. The van der Waals surface area contributed by atoms with Crippen molar-refractivity contribution in [2.75, 3.05) is 18.0 Å². The van der Waals surface area contributed by atoms with Crippen LogP contribution >= 0.6 is 11.3 Å². The summed E-state index contributed by atoms with van der Waals surface area (Å²) in [6, 6.07) is 10.7. The molecule has 2 aromatic rings. The van der Waals surface area contributed by atoms with Crippen molar-refractivity contribution in [3.8, 4) is 17.3 Å². The summed E-state index contributed by atoms with van der Waals surface area (Å²) in [6.45, 7) is 2.34. The molecule has 0 spiro atoms. The summed E-state index contributed by atoms with van der Waals surface area (Å²) in [5, 5.41) is 11.6. The van der Waals surface area contributed by atoms with Crippen LogP contribution < -0.4 is 4.90 Å². The van der Waals surface area contributed by atoms with Gasteiger partial charge in [-0.2, -0.15) is 5.26 Å². The molecule has 1 aromatic heterocycles. The summed E-state index contributed by atoms with van der Waals surface area (Å²) >= 11 is 1.55. The molecule has 2 heterocycles. The van der Waals surface area contributed by atoms with E-state index in [1.54, 1.807) is 11.3 Å². The van der Waals surface area contributed by atoms with Crippen LogP contribution in [0.2, 0.25) is 0 Å². The fraction of sp³-hybridized carbons (Fsp3) is 0.333. The highest BCUT2D eigenvalue weighted by Crippen LogP contribution is 2.26. The molecule has 0 atom stereocenters. The molecule has 1 aromatic carbocycles. The maximum absolute atomic E-state index is 8.67. The lowest BCUT2D eigenvalue weighted by molar-refractivity contribution is 0.949. The summed E-state index contributed by atoms with van der Waals surface area (Å²) in [4.78, 5) is 6.90. The summed E-state index contributed by atoms with van der Waals surface area (Å²) < 4.78 is 0. The van der Waals surface area contributed by atoms with Crippen LogP contribution in [-0.2, 0) is 6.42 Å². The monoisotopic (exact) mass is 269 g/mol. The van der Waals surface area contributed by atoms with E-state index in [0.29, 0.717) is 6.42 Å². The molecule has 1 saturated heterocycles. The molecular formula is C15H15N3S. The van der Waals surface area contributed by atoms with Crippen molar-refractivity contribution in [1.82, 2.24) is 4.98 Å². The number of aromatic nitrogens is 1. The van der Waals surface area contributed by atoms with Gasteiger partial charge in [0.1, 0.15) is 5.01 Å². The highest BCUT2D eigenvalue weighted by molar-refractivity contribution is 7.10. The second-order valence-corrected chi connectivity index (χ2v) is 5.65. The molecule has 1 aliphatic heterocycles. The molecule has 1 fully saturated rings. The minimum absolute atomic E-state index is 0.399. The molecule has 3 nitrogen and oxygen atoms in total. The minimum atomic E-state index is 0.399. The number of rotatable bonds is 3. The topological polar surface area (TPSA) is 39.9 Å². The Bertz CT molecular complexity index is 589. The second-order valence-electron chi connectivity index (χ2n) is 4.70. The number of hydrogen-bond donors (Lipinski definition) is 0. The first-order valence-electron chi connectivity index (χ1n) is 6.53. The lowest BCUT2D eigenvalue weighted by Gasteiger charge is -2.17. The van der Waals surface area contributed by atoms with Gasteiger partial charge in [-0.05, 0) is 25.0 Å². The van der Waals surface area contributed by atoms with E-state index in [1.807, 2.05) is 5.38 Å². The second kappa shape index (κ2) is 5.41. The molecule has 0 aliphatic carbocycles. The van der Waals surface area contributed by atoms with E-state index in [9.17, 15) is 0 Å². The average Bonchev–Trinajstić information content (AvgIpc) is 3.10. The third-order valence-electron chi connectivity index (χ3n) is 3.42. The van der Waals surface area contributed by atoms with E-state index in [2.05, 4.69) is 40.2 Å². The van der Waals surface area contributed by atoms with Crippen molar-refractivity contribution >= 4 is 17.0 Å². The van der Waals surface area contributed by atoms with Crippen molar-refractivity contribution in [1.29, 1.82) is 5.26 Å². The molecule has 3 rings (SSSR count). The van der Waals surface area contributed by atoms with E-state index < -0.39 is 0 Å². The van der Waals surface area contributed by atoms with Crippen LogP contribution in [-0.4, -0.2) is 18.1 Å².